The second-order valence-corrected chi connectivity index (χ2v) is 7.50. The maximum Gasteiger partial charge on any atom is 0.187 e. The molecule has 4 atom stereocenters. The maximum absolute atomic E-state index is 12.0. The van der Waals surface area contributed by atoms with Gasteiger partial charge in [-0.1, -0.05) is 37.1 Å². The first kappa shape index (κ1) is 17.2. The van der Waals surface area contributed by atoms with Crippen molar-refractivity contribution >= 4 is 5.78 Å². The van der Waals surface area contributed by atoms with Gasteiger partial charge in [-0.25, -0.2) is 0 Å². The van der Waals surface area contributed by atoms with E-state index in [1.807, 2.05) is 19.1 Å². The molecule has 0 radical (unpaired) electrons. The topological polar surface area (TPSA) is 57.5 Å². The summed E-state index contributed by atoms with van der Waals surface area (Å²) < 4.78 is 0. The lowest BCUT2D eigenvalue weighted by molar-refractivity contribution is -0.120. The molecule has 1 fully saturated rings. The average molecular weight is 304 g/mol. The van der Waals surface area contributed by atoms with Crippen LogP contribution in [0.4, 0.5) is 0 Å². The number of fused-ring (bicyclic) bond motifs is 1. The minimum absolute atomic E-state index is 0.215. The fourth-order valence-corrected chi connectivity index (χ4v) is 3.62. The molecule has 22 heavy (non-hydrogen) atoms. The van der Waals surface area contributed by atoms with E-state index in [9.17, 15) is 15.0 Å². The van der Waals surface area contributed by atoms with Gasteiger partial charge >= 0.3 is 0 Å². The van der Waals surface area contributed by atoms with Crippen molar-refractivity contribution in [1.29, 1.82) is 0 Å². The summed E-state index contributed by atoms with van der Waals surface area (Å²) in [6.45, 7) is 8.35. The van der Waals surface area contributed by atoms with E-state index in [1.54, 1.807) is 6.08 Å². The highest BCUT2D eigenvalue weighted by Gasteiger charge is 2.55. The number of rotatable bonds is 0. The number of aliphatic hydroxyl groups is 2. The van der Waals surface area contributed by atoms with Gasteiger partial charge < -0.3 is 10.2 Å². The number of hydrogen-bond donors (Lipinski definition) is 2. The van der Waals surface area contributed by atoms with E-state index in [-0.39, 0.29) is 11.2 Å². The van der Waals surface area contributed by atoms with E-state index in [0.717, 1.165) is 18.4 Å². The number of ketones is 1. The maximum atomic E-state index is 12.0. The molecule has 1 saturated carbocycles. The van der Waals surface area contributed by atoms with E-state index in [4.69, 9.17) is 0 Å². The van der Waals surface area contributed by atoms with Crippen LogP contribution >= 0.6 is 0 Å². The Kier molecular flexibility index (Phi) is 5.08. The zero-order valence-corrected chi connectivity index (χ0v) is 14.0. The minimum Gasteiger partial charge on any atom is -0.389 e. The first-order valence-corrected chi connectivity index (χ1v) is 8.14. The lowest BCUT2D eigenvalue weighted by Gasteiger charge is -2.11. The fraction of sp³-hybridized carbons (Fsp3) is 0.632. The highest BCUT2D eigenvalue weighted by Crippen LogP contribution is 2.61. The SMILES string of the molecule is C/C1=C/C(O)C/C(C)=C\C(O)C(=O)/C=C/C2C(CC1)C2(C)C. The third kappa shape index (κ3) is 3.96. The Balaban J connectivity index is 2.22. The van der Waals surface area contributed by atoms with E-state index in [2.05, 4.69) is 20.8 Å². The second-order valence-electron chi connectivity index (χ2n) is 7.50. The molecule has 3 nitrogen and oxygen atoms in total. The van der Waals surface area contributed by atoms with Gasteiger partial charge in [0.15, 0.2) is 5.78 Å². The summed E-state index contributed by atoms with van der Waals surface area (Å²) in [6, 6.07) is 0. The summed E-state index contributed by atoms with van der Waals surface area (Å²) in [5.41, 5.74) is 2.25. The van der Waals surface area contributed by atoms with E-state index in [0.29, 0.717) is 18.3 Å². The first-order chi connectivity index (χ1) is 10.2. The van der Waals surface area contributed by atoms with Crippen LogP contribution in [-0.2, 0) is 4.79 Å². The molecular weight excluding hydrogens is 276 g/mol. The fourth-order valence-electron chi connectivity index (χ4n) is 3.62. The van der Waals surface area contributed by atoms with E-state index < -0.39 is 12.2 Å². The van der Waals surface area contributed by atoms with Crippen molar-refractivity contribution in [1.82, 2.24) is 0 Å². The smallest absolute Gasteiger partial charge is 0.187 e. The van der Waals surface area contributed by atoms with Crippen LogP contribution in [-0.4, -0.2) is 28.2 Å². The van der Waals surface area contributed by atoms with Gasteiger partial charge in [0.25, 0.3) is 0 Å². The molecule has 0 spiro atoms. The normalized spacial score (nSPS) is 42.2. The molecule has 0 amide bonds. The molecule has 0 aromatic heterocycles. The molecule has 0 bridgehead atoms. The monoisotopic (exact) mass is 304 g/mol. The van der Waals surface area contributed by atoms with Gasteiger partial charge in [-0.05, 0) is 62.5 Å². The molecule has 2 aliphatic carbocycles. The zero-order chi connectivity index (χ0) is 16.5. The summed E-state index contributed by atoms with van der Waals surface area (Å²) >= 11 is 0. The van der Waals surface area contributed by atoms with Crippen molar-refractivity contribution in [3.63, 3.8) is 0 Å². The molecule has 0 aromatic carbocycles. The summed E-state index contributed by atoms with van der Waals surface area (Å²) in [7, 11) is 0. The summed E-state index contributed by atoms with van der Waals surface area (Å²) in [5.74, 6) is 0.683. The largest absolute Gasteiger partial charge is 0.389 e. The molecule has 0 aliphatic heterocycles. The minimum atomic E-state index is -1.11. The second kappa shape index (κ2) is 6.51. The molecule has 0 saturated heterocycles. The number of allylic oxidation sites excluding steroid dienone is 2. The van der Waals surface area contributed by atoms with Crippen LogP contribution in [0.15, 0.2) is 35.5 Å². The molecule has 122 valence electrons. The third-order valence-corrected chi connectivity index (χ3v) is 5.20. The third-order valence-electron chi connectivity index (χ3n) is 5.20. The van der Waals surface area contributed by atoms with Gasteiger partial charge in [0.05, 0.1) is 6.10 Å². The van der Waals surface area contributed by atoms with Gasteiger partial charge in [0, 0.05) is 0 Å². The van der Waals surface area contributed by atoms with E-state index in [1.165, 1.54) is 11.6 Å². The van der Waals surface area contributed by atoms with Gasteiger partial charge in [-0.2, -0.15) is 0 Å². The molecule has 2 rings (SSSR count). The number of aliphatic hydroxyl groups excluding tert-OH is 2. The zero-order valence-electron chi connectivity index (χ0n) is 14.0. The Morgan fingerprint density at radius 2 is 1.82 bits per heavy atom. The van der Waals surface area contributed by atoms with Crippen molar-refractivity contribution < 1.29 is 15.0 Å². The highest BCUT2D eigenvalue weighted by atomic mass is 16.3. The summed E-state index contributed by atoms with van der Waals surface area (Å²) in [6.07, 6.45) is 7.78. The Morgan fingerprint density at radius 1 is 1.14 bits per heavy atom. The number of hydrogen-bond acceptors (Lipinski definition) is 3. The van der Waals surface area contributed by atoms with Crippen LogP contribution in [0.3, 0.4) is 0 Å². The predicted octanol–water partition coefficient (Wildman–Crippen LogP) is 3.18. The van der Waals surface area contributed by atoms with E-state index >= 15 is 0 Å². The summed E-state index contributed by atoms with van der Waals surface area (Å²) in [5, 5.41) is 20.0. The molecule has 2 aliphatic rings. The van der Waals surface area contributed by atoms with Crippen LogP contribution in [0, 0.1) is 17.3 Å². The molecule has 0 aromatic rings. The van der Waals surface area contributed by atoms with Crippen LogP contribution < -0.4 is 0 Å². The quantitative estimate of drug-likeness (QED) is 0.676. The Labute approximate surface area is 133 Å². The summed E-state index contributed by atoms with van der Waals surface area (Å²) in [4.78, 5) is 12.0. The van der Waals surface area contributed by atoms with Crippen LogP contribution in [0.25, 0.3) is 0 Å². The number of carbonyl (C=O) groups is 1. The van der Waals surface area contributed by atoms with Crippen molar-refractivity contribution in [2.75, 3.05) is 0 Å². The average Bonchev–Trinajstić information content (AvgIpc) is 2.92. The molecule has 2 N–H and O–H groups in total. The van der Waals surface area contributed by atoms with Gasteiger partial charge in [-0.3, -0.25) is 4.79 Å². The number of carbonyl (C=O) groups excluding carboxylic acids is 1. The molecule has 0 heterocycles. The van der Waals surface area contributed by atoms with Crippen LogP contribution in [0.5, 0.6) is 0 Å². The first-order valence-electron chi connectivity index (χ1n) is 8.14. The Bertz CT molecular complexity index is 525. The Morgan fingerprint density at radius 3 is 2.50 bits per heavy atom. The molecular formula is C19H28O3. The standard InChI is InChI=1S/C19H28O3/c1-12-5-6-15-16(19(15,3)4)7-8-17(21)18(22)11-13(2)10-14(20)9-12/h7-9,11,14-16,18,20,22H,5-6,10H2,1-4H3/b8-7+,12-9-,13-11-. The van der Waals surface area contributed by atoms with Gasteiger partial charge in [-0.15, -0.1) is 0 Å². The van der Waals surface area contributed by atoms with Crippen molar-refractivity contribution in [2.24, 2.45) is 17.3 Å². The molecule has 3 heteroatoms. The van der Waals surface area contributed by atoms with Gasteiger partial charge in [0.1, 0.15) is 6.10 Å². The lowest BCUT2D eigenvalue weighted by atomic mass is 10.0. The van der Waals surface area contributed by atoms with Crippen LogP contribution in [0.1, 0.15) is 47.0 Å². The highest BCUT2D eigenvalue weighted by molar-refractivity contribution is 5.94. The Hall–Kier alpha value is -1.19. The van der Waals surface area contributed by atoms with Crippen molar-refractivity contribution in [3.05, 3.63) is 35.5 Å². The molecule has 4 unspecified atom stereocenters. The predicted molar refractivity (Wildman–Crippen MR) is 88.3 cm³/mol. The van der Waals surface area contributed by atoms with Gasteiger partial charge in [0.2, 0.25) is 0 Å². The lowest BCUT2D eigenvalue weighted by Crippen LogP contribution is -2.16. The van der Waals surface area contributed by atoms with Crippen molar-refractivity contribution in [2.45, 2.75) is 59.2 Å². The van der Waals surface area contributed by atoms with Crippen LogP contribution in [0.2, 0.25) is 0 Å². The van der Waals surface area contributed by atoms with Crippen molar-refractivity contribution in [3.8, 4) is 0 Å².